The van der Waals surface area contributed by atoms with Crippen LogP contribution in [0.25, 0.3) is 0 Å². The number of aromatic nitrogens is 2. The number of carbonyl (C=O) groups excluding carboxylic acids is 1. The van der Waals surface area contributed by atoms with Gasteiger partial charge in [-0.05, 0) is 40.0 Å². The Hall–Kier alpha value is -1.37. The number of nitrogens with one attached hydrogen (secondary N) is 1. The minimum atomic E-state index is -0.250. The first-order valence-corrected chi connectivity index (χ1v) is 8.24. The molecule has 1 atom stereocenters. The van der Waals surface area contributed by atoms with Gasteiger partial charge in [0.25, 0.3) is 0 Å². The van der Waals surface area contributed by atoms with Gasteiger partial charge < -0.3 is 5.32 Å². The standard InChI is InChI=1S/C15H21ClN4OS/c1-9-14(10(2)20(5)18-9)17-15(21)11(3)19(4)8-12-6-7-13(16)22-12/h6-7,11H,8H2,1-5H3,(H,17,21). The summed E-state index contributed by atoms with van der Waals surface area (Å²) in [6, 6.07) is 3.62. The Balaban J connectivity index is 2.02. The van der Waals surface area contributed by atoms with Crippen molar-refractivity contribution in [2.24, 2.45) is 7.05 Å². The highest BCUT2D eigenvalue weighted by Crippen LogP contribution is 2.23. The molecule has 5 nitrogen and oxygen atoms in total. The highest BCUT2D eigenvalue weighted by Gasteiger charge is 2.21. The molecule has 1 amide bonds. The van der Waals surface area contributed by atoms with Crippen molar-refractivity contribution in [1.82, 2.24) is 14.7 Å². The molecule has 0 fully saturated rings. The number of aryl methyl sites for hydroxylation is 2. The number of likely N-dealkylation sites (N-methyl/N-ethyl adjacent to an activating group) is 1. The molecule has 0 aliphatic rings. The summed E-state index contributed by atoms with van der Waals surface area (Å²) in [6.45, 7) is 6.42. The van der Waals surface area contributed by atoms with E-state index in [-0.39, 0.29) is 11.9 Å². The number of thiophene rings is 1. The third-order valence-electron chi connectivity index (χ3n) is 3.83. The average Bonchev–Trinajstić information content (AvgIpc) is 2.96. The van der Waals surface area contributed by atoms with Gasteiger partial charge in [-0.1, -0.05) is 11.6 Å². The second-order valence-corrected chi connectivity index (χ2v) is 7.26. The molecule has 120 valence electrons. The van der Waals surface area contributed by atoms with Gasteiger partial charge in [0.2, 0.25) is 5.91 Å². The zero-order valence-corrected chi connectivity index (χ0v) is 15.0. The van der Waals surface area contributed by atoms with Crippen LogP contribution in [0.1, 0.15) is 23.2 Å². The molecular formula is C15H21ClN4OS. The van der Waals surface area contributed by atoms with Gasteiger partial charge in [-0.2, -0.15) is 5.10 Å². The van der Waals surface area contributed by atoms with Crippen LogP contribution in [-0.2, 0) is 18.4 Å². The largest absolute Gasteiger partial charge is 0.322 e. The van der Waals surface area contributed by atoms with Crippen molar-refractivity contribution in [3.8, 4) is 0 Å². The number of amides is 1. The summed E-state index contributed by atoms with van der Waals surface area (Å²) in [4.78, 5) is 15.6. The van der Waals surface area contributed by atoms with Crippen molar-refractivity contribution in [1.29, 1.82) is 0 Å². The molecule has 1 N–H and O–H groups in total. The van der Waals surface area contributed by atoms with Gasteiger partial charge >= 0.3 is 0 Å². The molecule has 2 heterocycles. The molecule has 1 unspecified atom stereocenters. The maximum absolute atomic E-state index is 12.5. The van der Waals surface area contributed by atoms with Crippen LogP contribution < -0.4 is 5.32 Å². The highest BCUT2D eigenvalue weighted by molar-refractivity contribution is 7.16. The smallest absolute Gasteiger partial charge is 0.241 e. The fraction of sp³-hybridized carbons (Fsp3) is 0.467. The molecule has 0 saturated carbocycles. The van der Waals surface area contributed by atoms with E-state index in [1.54, 1.807) is 4.68 Å². The number of nitrogens with zero attached hydrogens (tertiary/aromatic N) is 3. The summed E-state index contributed by atoms with van der Waals surface area (Å²) in [5.74, 6) is -0.0376. The SMILES string of the molecule is Cc1nn(C)c(C)c1NC(=O)C(C)N(C)Cc1ccc(Cl)s1. The Morgan fingerprint density at radius 2 is 2.18 bits per heavy atom. The quantitative estimate of drug-likeness (QED) is 0.909. The monoisotopic (exact) mass is 340 g/mol. The maximum Gasteiger partial charge on any atom is 0.241 e. The fourth-order valence-corrected chi connectivity index (χ4v) is 3.35. The summed E-state index contributed by atoms with van der Waals surface area (Å²) in [5.41, 5.74) is 2.57. The van der Waals surface area contributed by atoms with E-state index in [1.165, 1.54) is 11.3 Å². The average molecular weight is 341 g/mol. The Kier molecular flexibility index (Phi) is 5.26. The lowest BCUT2D eigenvalue weighted by molar-refractivity contribution is -0.120. The first-order chi connectivity index (χ1) is 10.3. The molecule has 22 heavy (non-hydrogen) atoms. The third kappa shape index (κ3) is 3.69. The third-order valence-corrected chi connectivity index (χ3v) is 5.05. The fourth-order valence-electron chi connectivity index (χ4n) is 2.20. The van der Waals surface area contributed by atoms with Gasteiger partial charge in [0.15, 0.2) is 0 Å². The van der Waals surface area contributed by atoms with Crippen molar-refractivity contribution in [3.05, 3.63) is 32.7 Å². The van der Waals surface area contributed by atoms with E-state index < -0.39 is 0 Å². The lowest BCUT2D eigenvalue weighted by atomic mass is 10.2. The number of carbonyl (C=O) groups is 1. The van der Waals surface area contributed by atoms with Crippen LogP contribution in [0.4, 0.5) is 5.69 Å². The molecule has 2 aromatic heterocycles. The molecule has 0 aromatic carbocycles. The minimum absolute atomic E-state index is 0.0376. The van der Waals surface area contributed by atoms with E-state index in [1.807, 2.05) is 51.9 Å². The molecule has 0 aliphatic heterocycles. The Morgan fingerprint density at radius 3 is 2.68 bits per heavy atom. The van der Waals surface area contributed by atoms with Crippen molar-refractivity contribution >= 4 is 34.5 Å². The van der Waals surface area contributed by atoms with Crippen LogP contribution in [0.5, 0.6) is 0 Å². The van der Waals surface area contributed by atoms with Gasteiger partial charge in [0.1, 0.15) is 0 Å². The van der Waals surface area contributed by atoms with Gasteiger partial charge in [-0.25, -0.2) is 0 Å². The van der Waals surface area contributed by atoms with Crippen molar-refractivity contribution in [2.45, 2.75) is 33.4 Å². The second-order valence-electron chi connectivity index (χ2n) is 5.46. The zero-order valence-electron chi connectivity index (χ0n) is 13.5. The summed E-state index contributed by atoms with van der Waals surface area (Å²) >= 11 is 7.48. The molecular weight excluding hydrogens is 320 g/mol. The van der Waals surface area contributed by atoms with Crippen LogP contribution in [0.15, 0.2) is 12.1 Å². The predicted octanol–water partition coefficient (Wildman–Crippen LogP) is 3.21. The van der Waals surface area contributed by atoms with E-state index in [4.69, 9.17) is 11.6 Å². The summed E-state index contributed by atoms with van der Waals surface area (Å²) < 4.78 is 2.54. The zero-order chi connectivity index (χ0) is 16.4. The Morgan fingerprint density at radius 1 is 1.50 bits per heavy atom. The molecule has 0 bridgehead atoms. The van der Waals surface area contributed by atoms with Crippen LogP contribution in [0.3, 0.4) is 0 Å². The number of anilines is 1. The summed E-state index contributed by atoms with van der Waals surface area (Å²) in [5, 5.41) is 7.30. The molecule has 7 heteroatoms. The topological polar surface area (TPSA) is 50.2 Å². The first kappa shape index (κ1) is 17.0. The lowest BCUT2D eigenvalue weighted by Gasteiger charge is -2.23. The van der Waals surface area contributed by atoms with E-state index in [9.17, 15) is 4.79 Å². The van der Waals surface area contributed by atoms with Gasteiger partial charge in [-0.3, -0.25) is 14.4 Å². The van der Waals surface area contributed by atoms with E-state index in [2.05, 4.69) is 10.4 Å². The van der Waals surface area contributed by atoms with E-state index in [0.29, 0.717) is 6.54 Å². The van der Waals surface area contributed by atoms with Crippen LogP contribution >= 0.6 is 22.9 Å². The van der Waals surface area contributed by atoms with Gasteiger partial charge in [0.05, 0.1) is 27.5 Å². The number of rotatable bonds is 5. The lowest BCUT2D eigenvalue weighted by Crippen LogP contribution is -2.39. The summed E-state index contributed by atoms with van der Waals surface area (Å²) in [6.07, 6.45) is 0. The Bertz CT molecular complexity index is 679. The van der Waals surface area contributed by atoms with Crippen molar-refractivity contribution < 1.29 is 4.79 Å². The molecule has 0 saturated heterocycles. The molecule has 0 spiro atoms. The van der Waals surface area contributed by atoms with E-state index in [0.717, 1.165) is 26.3 Å². The van der Waals surface area contributed by atoms with E-state index >= 15 is 0 Å². The minimum Gasteiger partial charge on any atom is -0.322 e. The number of halogens is 1. The number of hydrogen-bond acceptors (Lipinski definition) is 4. The molecule has 2 rings (SSSR count). The predicted molar refractivity (Wildman–Crippen MR) is 91.6 cm³/mol. The van der Waals surface area contributed by atoms with Crippen molar-refractivity contribution in [3.63, 3.8) is 0 Å². The Labute approximate surface area is 139 Å². The number of hydrogen-bond donors (Lipinski definition) is 1. The molecule has 0 aliphatic carbocycles. The van der Waals surface area contributed by atoms with Crippen LogP contribution in [0, 0.1) is 13.8 Å². The maximum atomic E-state index is 12.5. The molecule has 0 radical (unpaired) electrons. The molecule has 2 aromatic rings. The second kappa shape index (κ2) is 6.81. The normalized spacial score (nSPS) is 12.7. The highest BCUT2D eigenvalue weighted by atomic mass is 35.5. The van der Waals surface area contributed by atoms with Crippen molar-refractivity contribution in [2.75, 3.05) is 12.4 Å². The van der Waals surface area contributed by atoms with Crippen LogP contribution in [-0.4, -0.2) is 33.7 Å². The van der Waals surface area contributed by atoms with Crippen LogP contribution in [0.2, 0.25) is 4.34 Å². The first-order valence-electron chi connectivity index (χ1n) is 7.05. The van der Waals surface area contributed by atoms with Gasteiger partial charge in [0, 0.05) is 18.5 Å². The van der Waals surface area contributed by atoms with Gasteiger partial charge in [-0.15, -0.1) is 11.3 Å². The summed E-state index contributed by atoms with van der Waals surface area (Å²) in [7, 11) is 3.80.